The molecule has 0 radical (unpaired) electrons. The maximum atomic E-state index is 6.20. The summed E-state index contributed by atoms with van der Waals surface area (Å²) in [7, 11) is 0. The van der Waals surface area contributed by atoms with E-state index in [9.17, 15) is 0 Å². The first kappa shape index (κ1) is 15.7. The van der Waals surface area contributed by atoms with Crippen molar-refractivity contribution < 1.29 is 0 Å². The molecule has 0 fully saturated rings. The van der Waals surface area contributed by atoms with Gasteiger partial charge in [-0.3, -0.25) is 4.40 Å². The Morgan fingerprint density at radius 1 is 0.960 bits per heavy atom. The second-order valence-electron chi connectivity index (χ2n) is 6.19. The highest BCUT2D eigenvalue weighted by atomic mass is 35.5. The van der Waals surface area contributed by atoms with Crippen molar-refractivity contribution in [3.8, 4) is 11.3 Å². The first-order chi connectivity index (χ1) is 12.1. The van der Waals surface area contributed by atoms with Crippen molar-refractivity contribution in [2.45, 2.75) is 13.8 Å². The van der Waals surface area contributed by atoms with Crippen LogP contribution in [-0.2, 0) is 0 Å². The summed E-state index contributed by atoms with van der Waals surface area (Å²) >= 11 is 6.20. The Morgan fingerprint density at radius 2 is 1.80 bits per heavy atom. The molecule has 0 saturated carbocycles. The van der Waals surface area contributed by atoms with Gasteiger partial charge in [0.15, 0.2) is 0 Å². The molecule has 0 aliphatic rings. The van der Waals surface area contributed by atoms with Crippen LogP contribution in [-0.4, -0.2) is 9.38 Å². The van der Waals surface area contributed by atoms with Crippen molar-refractivity contribution in [2.75, 3.05) is 5.32 Å². The Balaban J connectivity index is 1.94. The summed E-state index contributed by atoms with van der Waals surface area (Å²) in [5.41, 5.74) is 6.21. The summed E-state index contributed by atoms with van der Waals surface area (Å²) in [4.78, 5) is 4.85. The Bertz CT molecular complexity index is 1070. The molecule has 4 aromatic rings. The number of benzene rings is 2. The number of aryl methyl sites for hydroxylation is 2. The molecule has 0 saturated heterocycles. The Hall–Kier alpha value is -2.78. The first-order valence-corrected chi connectivity index (χ1v) is 8.57. The third-order valence-corrected chi connectivity index (χ3v) is 4.51. The van der Waals surface area contributed by atoms with Gasteiger partial charge >= 0.3 is 0 Å². The summed E-state index contributed by atoms with van der Waals surface area (Å²) < 4.78 is 2.08. The van der Waals surface area contributed by atoms with E-state index in [2.05, 4.69) is 47.8 Å². The summed E-state index contributed by atoms with van der Waals surface area (Å²) in [5.74, 6) is 0.937. The number of rotatable bonds is 3. The lowest BCUT2D eigenvalue weighted by molar-refractivity contribution is 1.17. The van der Waals surface area contributed by atoms with E-state index in [-0.39, 0.29) is 0 Å². The summed E-state index contributed by atoms with van der Waals surface area (Å²) in [5, 5.41) is 4.26. The van der Waals surface area contributed by atoms with Gasteiger partial charge in [-0.25, -0.2) is 4.98 Å². The van der Waals surface area contributed by atoms with Gasteiger partial charge in [-0.1, -0.05) is 41.9 Å². The fourth-order valence-corrected chi connectivity index (χ4v) is 3.13. The zero-order valence-corrected chi connectivity index (χ0v) is 14.9. The molecule has 1 N–H and O–H groups in total. The number of anilines is 2. The number of nitrogens with zero attached hydrogens (tertiary/aromatic N) is 2. The highest BCUT2D eigenvalue weighted by Gasteiger charge is 2.15. The third kappa shape index (κ3) is 2.99. The molecule has 0 bridgehead atoms. The molecule has 0 amide bonds. The van der Waals surface area contributed by atoms with Crippen LogP contribution in [0.2, 0.25) is 5.02 Å². The lowest BCUT2D eigenvalue weighted by atomic mass is 10.1. The standard InChI is InChI=1S/C21H18ClN3/c1-14-10-11-25-19(12-14)24-20(16-7-5-8-17(22)13-16)21(25)23-18-9-4-3-6-15(18)2/h3-13,23H,1-2H3. The van der Waals surface area contributed by atoms with Crippen molar-refractivity contribution in [3.05, 3.63) is 83.0 Å². The van der Waals surface area contributed by atoms with Gasteiger partial charge in [0.05, 0.1) is 0 Å². The molecule has 0 spiro atoms. The van der Waals surface area contributed by atoms with Crippen LogP contribution in [0.1, 0.15) is 11.1 Å². The molecule has 2 heterocycles. The van der Waals surface area contributed by atoms with Gasteiger partial charge in [0.25, 0.3) is 0 Å². The predicted octanol–water partition coefficient (Wildman–Crippen LogP) is 6.02. The average molecular weight is 348 g/mol. The van der Waals surface area contributed by atoms with Crippen molar-refractivity contribution >= 4 is 28.8 Å². The number of imidazole rings is 1. The van der Waals surface area contributed by atoms with Crippen LogP contribution in [0.3, 0.4) is 0 Å². The molecule has 4 heteroatoms. The van der Waals surface area contributed by atoms with Gasteiger partial charge in [0.1, 0.15) is 17.2 Å². The largest absolute Gasteiger partial charge is 0.339 e. The number of halogens is 1. The van der Waals surface area contributed by atoms with Gasteiger partial charge in [-0.05, 0) is 55.3 Å². The van der Waals surface area contributed by atoms with Crippen molar-refractivity contribution in [1.82, 2.24) is 9.38 Å². The number of hydrogen-bond acceptors (Lipinski definition) is 2. The Kier molecular flexibility index (Phi) is 3.94. The molecule has 0 atom stereocenters. The normalized spacial score (nSPS) is 11.0. The zero-order chi connectivity index (χ0) is 17.4. The van der Waals surface area contributed by atoms with E-state index < -0.39 is 0 Å². The smallest absolute Gasteiger partial charge is 0.143 e. The van der Waals surface area contributed by atoms with E-state index in [4.69, 9.17) is 16.6 Å². The molecule has 25 heavy (non-hydrogen) atoms. The topological polar surface area (TPSA) is 29.3 Å². The minimum absolute atomic E-state index is 0.701. The van der Waals surface area contributed by atoms with Crippen molar-refractivity contribution in [3.63, 3.8) is 0 Å². The second kappa shape index (κ2) is 6.26. The molecule has 0 unspecified atom stereocenters. The highest BCUT2D eigenvalue weighted by molar-refractivity contribution is 6.30. The highest BCUT2D eigenvalue weighted by Crippen LogP contribution is 2.33. The fraction of sp³-hybridized carbons (Fsp3) is 0.0952. The van der Waals surface area contributed by atoms with Gasteiger partial charge < -0.3 is 5.32 Å². The quantitative estimate of drug-likeness (QED) is 0.491. The van der Waals surface area contributed by atoms with Gasteiger partial charge in [0, 0.05) is 22.5 Å². The number of para-hydroxylation sites is 1. The SMILES string of the molecule is Cc1ccn2c(Nc3ccccc3C)c(-c3cccc(Cl)c3)nc2c1. The summed E-state index contributed by atoms with van der Waals surface area (Å²) in [6.45, 7) is 4.16. The maximum absolute atomic E-state index is 6.20. The van der Waals surface area contributed by atoms with E-state index in [1.165, 1.54) is 11.1 Å². The molecule has 3 nitrogen and oxygen atoms in total. The molecule has 2 aromatic carbocycles. The predicted molar refractivity (Wildman–Crippen MR) is 105 cm³/mol. The van der Waals surface area contributed by atoms with E-state index in [0.29, 0.717) is 5.02 Å². The molecule has 0 aliphatic heterocycles. The summed E-state index contributed by atoms with van der Waals surface area (Å²) in [6.07, 6.45) is 2.05. The lowest BCUT2D eigenvalue weighted by Crippen LogP contribution is -1.98. The molecule has 2 aromatic heterocycles. The van der Waals surface area contributed by atoms with Crippen LogP contribution in [0.4, 0.5) is 11.5 Å². The van der Waals surface area contributed by atoms with Crippen LogP contribution in [0.15, 0.2) is 66.9 Å². The first-order valence-electron chi connectivity index (χ1n) is 8.19. The number of nitrogens with one attached hydrogen (secondary N) is 1. The van der Waals surface area contributed by atoms with Crippen LogP contribution in [0.5, 0.6) is 0 Å². The molecule has 0 aliphatic carbocycles. The van der Waals surface area contributed by atoms with E-state index in [0.717, 1.165) is 28.4 Å². The van der Waals surface area contributed by atoms with Crippen LogP contribution in [0.25, 0.3) is 16.9 Å². The van der Waals surface area contributed by atoms with Gasteiger partial charge in [-0.2, -0.15) is 0 Å². The Labute approximate surface area is 151 Å². The van der Waals surface area contributed by atoms with Crippen LogP contribution < -0.4 is 5.32 Å². The minimum Gasteiger partial charge on any atom is -0.339 e. The van der Waals surface area contributed by atoms with Crippen LogP contribution in [0, 0.1) is 13.8 Å². The second-order valence-corrected chi connectivity index (χ2v) is 6.63. The van der Waals surface area contributed by atoms with E-state index >= 15 is 0 Å². The fourth-order valence-electron chi connectivity index (χ4n) is 2.94. The van der Waals surface area contributed by atoms with Gasteiger partial charge in [0.2, 0.25) is 0 Å². The zero-order valence-electron chi connectivity index (χ0n) is 14.1. The van der Waals surface area contributed by atoms with Gasteiger partial charge in [-0.15, -0.1) is 0 Å². The number of fused-ring (bicyclic) bond motifs is 1. The molecule has 124 valence electrons. The molecular formula is C21H18ClN3. The van der Waals surface area contributed by atoms with Crippen LogP contribution >= 0.6 is 11.6 Å². The minimum atomic E-state index is 0.701. The van der Waals surface area contributed by atoms with Crippen molar-refractivity contribution in [2.24, 2.45) is 0 Å². The number of hydrogen-bond donors (Lipinski definition) is 1. The maximum Gasteiger partial charge on any atom is 0.143 e. The third-order valence-electron chi connectivity index (χ3n) is 4.28. The number of aromatic nitrogens is 2. The van der Waals surface area contributed by atoms with E-state index in [1.54, 1.807) is 0 Å². The monoisotopic (exact) mass is 347 g/mol. The average Bonchev–Trinajstić information content (AvgIpc) is 2.94. The molecular weight excluding hydrogens is 330 g/mol. The van der Waals surface area contributed by atoms with Crippen molar-refractivity contribution in [1.29, 1.82) is 0 Å². The molecule has 4 rings (SSSR count). The summed E-state index contributed by atoms with van der Waals surface area (Å²) in [6, 6.07) is 20.2. The van der Waals surface area contributed by atoms with E-state index in [1.807, 2.05) is 42.6 Å². The lowest BCUT2D eigenvalue weighted by Gasteiger charge is -2.11. The Morgan fingerprint density at radius 3 is 2.60 bits per heavy atom. The number of pyridine rings is 1.